The average molecular weight is 290 g/mol. The van der Waals surface area contributed by atoms with Gasteiger partial charge in [-0.15, -0.1) is 0 Å². The number of carbonyl (C=O) groups excluding carboxylic acids is 1. The molecule has 0 bridgehead atoms. The van der Waals surface area contributed by atoms with Crippen LogP contribution in [0.25, 0.3) is 0 Å². The van der Waals surface area contributed by atoms with E-state index in [1.165, 1.54) is 0 Å². The molecule has 2 N–H and O–H groups in total. The van der Waals surface area contributed by atoms with Crippen LogP contribution in [0.5, 0.6) is 0 Å². The van der Waals surface area contributed by atoms with Crippen LogP contribution in [-0.4, -0.2) is 17.7 Å². The number of benzene rings is 1. The highest BCUT2D eigenvalue weighted by atomic mass is 16.6. The first-order valence-corrected chi connectivity index (χ1v) is 7.70. The van der Waals surface area contributed by atoms with Gasteiger partial charge in [-0.05, 0) is 45.2 Å². The van der Waals surface area contributed by atoms with Crippen LogP contribution in [-0.2, 0) is 4.74 Å². The molecule has 1 heterocycles. The molecule has 21 heavy (non-hydrogen) atoms. The monoisotopic (exact) mass is 290 g/mol. The van der Waals surface area contributed by atoms with Crippen molar-refractivity contribution in [3.05, 3.63) is 29.8 Å². The van der Waals surface area contributed by atoms with Gasteiger partial charge in [-0.1, -0.05) is 31.5 Å². The zero-order chi connectivity index (χ0) is 15.6. The number of para-hydroxylation sites is 1. The van der Waals surface area contributed by atoms with Crippen molar-refractivity contribution >= 4 is 11.8 Å². The first-order chi connectivity index (χ1) is 9.83. The van der Waals surface area contributed by atoms with Crippen molar-refractivity contribution in [2.75, 3.05) is 4.90 Å². The molecule has 0 aliphatic carbocycles. The quantitative estimate of drug-likeness (QED) is 0.895. The van der Waals surface area contributed by atoms with Crippen molar-refractivity contribution in [1.29, 1.82) is 0 Å². The van der Waals surface area contributed by atoms with E-state index < -0.39 is 5.60 Å². The fraction of sp³-hybridized carbons (Fsp3) is 0.588. The molecule has 2 rings (SSSR count). The van der Waals surface area contributed by atoms with E-state index in [0.29, 0.717) is 0 Å². The summed E-state index contributed by atoms with van der Waals surface area (Å²) in [7, 11) is 0. The molecule has 0 radical (unpaired) electrons. The van der Waals surface area contributed by atoms with Gasteiger partial charge in [0.25, 0.3) is 0 Å². The van der Waals surface area contributed by atoms with Crippen molar-refractivity contribution in [2.24, 2.45) is 5.73 Å². The van der Waals surface area contributed by atoms with Gasteiger partial charge in [0.05, 0.1) is 5.69 Å². The lowest BCUT2D eigenvalue weighted by molar-refractivity contribution is 0.0556. The smallest absolute Gasteiger partial charge is 0.415 e. The van der Waals surface area contributed by atoms with E-state index in [1.54, 1.807) is 4.90 Å². The predicted octanol–water partition coefficient (Wildman–Crippen LogP) is 4.00. The third-order valence-electron chi connectivity index (χ3n) is 3.70. The third-order valence-corrected chi connectivity index (χ3v) is 3.70. The number of anilines is 1. The van der Waals surface area contributed by atoms with Crippen LogP contribution < -0.4 is 10.6 Å². The molecule has 0 saturated heterocycles. The van der Waals surface area contributed by atoms with Crippen LogP contribution in [0.4, 0.5) is 10.5 Å². The molecule has 1 aromatic rings. The Bertz CT molecular complexity index is 508. The fourth-order valence-electron chi connectivity index (χ4n) is 2.88. The molecule has 0 fully saturated rings. The molecular weight excluding hydrogens is 264 g/mol. The van der Waals surface area contributed by atoms with Gasteiger partial charge in [0.1, 0.15) is 5.60 Å². The SMILES string of the molecule is CCCC1CC(N)c2ccccc2N1C(=O)OC(C)(C)C. The minimum absolute atomic E-state index is 0.0172. The van der Waals surface area contributed by atoms with Crippen molar-refractivity contribution in [2.45, 2.75) is 64.6 Å². The van der Waals surface area contributed by atoms with Crippen LogP contribution in [0.3, 0.4) is 0 Å². The van der Waals surface area contributed by atoms with Crippen LogP contribution in [0.15, 0.2) is 24.3 Å². The van der Waals surface area contributed by atoms with E-state index in [2.05, 4.69) is 6.92 Å². The molecule has 1 aliphatic heterocycles. The van der Waals surface area contributed by atoms with Gasteiger partial charge < -0.3 is 10.5 Å². The molecule has 1 amide bonds. The highest BCUT2D eigenvalue weighted by Gasteiger charge is 2.36. The Morgan fingerprint density at radius 1 is 1.38 bits per heavy atom. The van der Waals surface area contributed by atoms with Crippen LogP contribution in [0.1, 0.15) is 58.6 Å². The summed E-state index contributed by atoms with van der Waals surface area (Å²) in [5.41, 5.74) is 7.70. The maximum Gasteiger partial charge on any atom is 0.415 e. The number of fused-ring (bicyclic) bond motifs is 1. The number of carbonyl (C=O) groups is 1. The minimum Gasteiger partial charge on any atom is -0.443 e. The molecule has 4 heteroatoms. The lowest BCUT2D eigenvalue weighted by Crippen LogP contribution is -2.48. The summed E-state index contributed by atoms with van der Waals surface area (Å²) in [4.78, 5) is 14.4. The van der Waals surface area contributed by atoms with Gasteiger partial charge in [-0.2, -0.15) is 0 Å². The van der Waals surface area contributed by atoms with E-state index in [1.807, 2.05) is 45.0 Å². The molecule has 1 aliphatic rings. The molecule has 0 aromatic heterocycles. The lowest BCUT2D eigenvalue weighted by atomic mass is 9.90. The highest BCUT2D eigenvalue weighted by Crippen LogP contribution is 2.38. The standard InChI is InChI=1S/C17H26N2O2/c1-5-8-12-11-14(18)13-9-6-7-10-15(13)19(12)16(20)21-17(2,3)4/h6-7,9-10,12,14H,5,8,11,18H2,1-4H3. The Morgan fingerprint density at radius 3 is 2.67 bits per heavy atom. The van der Waals surface area contributed by atoms with Crippen molar-refractivity contribution < 1.29 is 9.53 Å². The number of rotatable bonds is 2. The molecule has 0 spiro atoms. The predicted molar refractivity (Wildman–Crippen MR) is 85.4 cm³/mol. The van der Waals surface area contributed by atoms with E-state index in [-0.39, 0.29) is 18.2 Å². The second-order valence-corrected chi connectivity index (χ2v) is 6.69. The number of nitrogens with zero attached hydrogens (tertiary/aromatic N) is 1. The zero-order valence-electron chi connectivity index (χ0n) is 13.4. The summed E-state index contributed by atoms with van der Waals surface area (Å²) in [6.45, 7) is 7.79. The first-order valence-electron chi connectivity index (χ1n) is 7.70. The summed E-state index contributed by atoms with van der Waals surface area (Å²) < 4.78 is 5.59. The Kier molecular flexibility index (Phi) is 4.57. The normalized spacial score (nSPS) is 21.9. The largest absolute Gasteiger partial charge is 0.443 e. The fourth-order valence-corrected chi connectivity index (χ4v) is 2.88. The van der Waals surface area contributed by atoms with Gasteiger partial charge in [0.2, 0.25) is 0 Å². The van der Waals surface area contributed by atoms with Crippen molar-refractivity contribution in [1.82, 2.24) is 0 Å². The Hall–Kier alpha value is -1.55. The summed E-state index contributed by atoms with van der Waals surface area (Å²) in [5.74, 6) is 0. The zero-order valence-corrected chi connectivity index (χ0v) is 13.4. The highest BCUT2D eigenvalue weighted by molar-refractivity contribution is 5.90. The number of amides is 1. The number of ether oxygens (including phenoxy) is 1. The maximum atomic E-state index is 12.6. The van der Waals surface area contributed by atoms with E-state index >= 15 is 0 Å². The van der Waals surface area contributed by atoms with Crippen LogP contribution >= 0.6 is 0 Å². The first kappa shape index (κ1) is 15.8. The maximum absolute atomic E-state index is 12.6. The van der Waals surface area contributed by atoms with E-state index in [0.717, 1.165) is 30.5 Å². The Labute approximate surface area is 127 Å². The average Bonchev–Trinajstić information content (AvgIpc) is 2.37. The lowest BCUT2D eigenvalue weighted by Gasteiger charge is -2.40. The minimum atomic E-state index is -0.498. The Morgan fingerprint density at radius 2 is 2.05 bits per heavy atom. The topological polar surface area (TPSA) is 55.6 Å². The van der Waals surface area contributed by atoms with Crippen LogP contribution in [0.2, 0.25) is 0 Å². The third kappa shape index (κ3) is 3.56. The summed E-state index contributed by atoms with van der Waals surface area (Å²) in [6, 6.07) is 7.95. The summed E-state index contributed by atoms with van der Waals surface area (Å²) >= 11 is 0. The number of hydrogen-bond donors (Lipinski definition) is 1. The number of nitrogens with two attached hydrogens (primary N) is 1. The van der Waals surface area contributed by atoms with Crippen molar-refractivity contribution in [3.63, 3.8) is 0 Å². The second-order valence-electron chi connectivity index (χ2n) is 6.69. The van der Waals surface area contributed by atoms with Crippen LogP contribution in [0, 0.1) is 0 Å². The van der Waals surface area contributed by atoms with Gasteiger partial charge in [-0.25, -0.2) is 4.79 Å². The van der Waals surface area contributed by atoms with Gasteiger partial charge in [0, 0.05) is 12.1 Å². The molecular formula is C17H26N2O2. The van der Waals surface area contributed by atoms with Crippen molar-refractivity contribution in [3.8, 4) is 0 Å². The Balaban J connectivity index is 2.37. The van der Waals surface area contributed by atoms with Gasteiger partial charge in [0.15, 0.2) is 0 Å². The number of hydrogen-bond acceptors (Lipinski definition) is 3. The van der Waals surface area contributed by atoms with Gasteiger partial charge in [-0.3, -0.25) is 4.90 Å². The molecule has 0 saturated carbocycles. The molecule has 1 aromatic carbocycles. The molecule has 116 valence electrons. The van der Waals surface area contributed by atoms with E-state index in [4.69, 9.17) is 10.5 Å². The summed E-state index contributed by atoms with van der Waals surface area (Å²) in [6.07, 6.45) is 2.45. The molecule has 2 unspecified atom stereocenters. The molecule has 4 nitrogen and oxygen atoms in total. The molecule has 2 atom stereocenters. The second kappa shape index (κ2) is 6.06. The van der Waals surface area contributed by atoms with Gasteiger partial charge >= 0.3 is 6.09 Å². The van der Waals surface area contributed by atoms with E-state index in [9.17, 15) is 4.79 Å². The summed E-state index contributed by atoms with van der Waals surface area (Å²) in [5, 5.41) is 0.